The van der Waals surface area contributed by atoms with Crippen molar-refractivity contribution in [3.05, 3.63) is 29.3 Å². The number of nitrogens with one attached hydrogen (secondary N) is 1. The van der Waals surface area contributed by atoms with Crippen molar-refractivity contribution in [3.63, 3.8) is 0 Å². The summed E-state index contributed by atoms with van der Waals surface area (Å²) in [5.41, 5.74) is 3.88. The van der Waals surface area contributed by atoms with Crippen molar-refractivity contribution < 1.29 is 4.79 Å². The number of amides is 1. The number of rotatable bonds is 3. The summed E-state index contributed by atoms with van der Waals surface area (Å²) in [5.74, 6) is 0.168. The van der Waals surface area contributed by atoms with Gasteiger partial charge in [-0.2, -0.15) is 0 Å². The lowest BCUT2D eigenvalue weighted by Gasteiger charge is -2.19. The van der Waals surface area contributed by atoms with Crippen LogP contribution in [0.1, 0.15) is 37.8 Å². The molecule has 0 aromatic heterocycles. The number of benzene rings is 1. The van der Waals surface area contributed by atoms with E-state index in [-0.39, 0.29) is 5.91 Å². The summed E-state index contributed by atoms with van der Waals surface area (Å²) < 4.78 is 0. The van der Waals surface area contributed by atoms with Gasteiger partial charge in [0.15, 0.2) is 0 Å². The van der Waals surface area contributed by atoms with Crippen LogP contribution in [0.15, 0.2) is 18.2 Å². The molecule has 1 saturated carbocycles. The molecule has 0 spiro atoms. The fraction of sp³-hybridized carbons (Fsp3) is 0.562. The Labute approximate surface area is 116 Å². The molecule has 0 radical (unpaired) electrons. The molecule has 1 aliphatic carbocycles. The van der Waals surface area contributed by atoms with E-state index >= 15 is 0 Å². The zero-order chi connectivity index (χ0) is 13.8. The van der Waals surface area contributed by atoms with Gasteiger partial charge in [0.1, 0.15) is 0 Å². The lowest BCUT2D eigenvalue weighted by molar-refractivity contribution is -0.119. The van der Waals surface area contributed by atoms with Gasteiger partial charge in [0, 0.05) is 18.3 Å². The van der Waals surface area contributed by atoms with Crippen molar-refractivity contribution in [2.45, 2.75) is 46.1 Å². The lowest BCUT2D eigenvalue weighted by Crippen LogP contribution is -2.37. The summed E-state index contributed by atoms with van der Waals surface area (Å²) in [5, 5.41) is 3.05. The molecule has 1 fully saturated rings. The van der Waals surface area contributed by atoms with Gasteiger partial charge in [0.05, 0.1) is 6.54 Å². The number of carbonyl (C=O) groups excluding carboxylic acids is 1. The Balaban J connectivity index is 0.000000637. The van der Waals surface area contributed by atoms with Crippen molar-refractivity contribution in [2.24, 2.45) is 0 Å². The Kier molecular flexibility index (Phi) is 4.46. The number of hydrogen-bond donors (Lipinski definition) is 1. The monoisotopic (exact) mass is 260 g/mol. The number of hydrogen-bond acceptors (Lipinski definition) is 2. The third kappa shape index (κ3) is 3.49. The molecule has 0 saturated heterocycles. The summed E-state index contributed by atoms with van der Waals surface area (Å²) in [6.07, 6.45) is 3.37. The van der Waals surface area contributed by atoms with Gasteiger partial charge in [-0.3, -0.25) is 4.79 Å². The van der Waals surface area contributed by atoms with Crippen molar-refractivity contribution in [1.82, 2.24) is 5.32 Å². The SMILES string of the molecule is CC.Cc1ccc2c(c1)N(CC(=O)NC1CC1)CC2. The average Bonchev–Trinajstić information content (AvgIpc) is 3.14. The molecule has 1 N–H and O–H groups in total. The molecule has 3 rings (SSSR count). The van der Waals surface area contributed by atoms with Crippen LogP contribution in [0.3, 0.4) is 0 Å². The molecular formula is C16H24N2O. The second-order valence-electron chi connectivity index (χ2n) is 5.15. The Hall–Kier alpha value is -1.51. The predicted molar refractivity (Wildman–Crippen MR) is 79.6 cm³/mol. The molecule has 3 nitrogen and oxygen atoms in total. The summed E-state index contributed by atoms with van der Waals surface area (Å²) in [4.78, 5) is 14.0. The van der Waals surface area contributed by atoms with Crippen molar-refractivity contribution >= 4 is 11.6 Å². The first kappa shape index (κ1) is 13.9. The maximum absolute atomic E-state index is 11.8. The van der Waals surface area contributed by atoms with Crippen LogP contribution in [0.25, 0.3) is 0 Å². The first-order valence-corrected chi connectivity index (χ1v) is 7.36. The first-order valence-electron chi connectivity index (χ1n) is 7.36. The van der Waals surface area contributed by atoms with Gasteiger partial charge in [0.2, 0.25) is 5.91 Å². The van der Waals surface area contributed by atoms with E-state index in [2.05, 4.69) is 35.3 Å². The highest BCUT2D eigenvalue weighted by Gasteiger charge is 2.26. The van der Waals surface area contributed by atoms with E-state index in [4.69, 9.17) is 0 Å². The van der Waals surface area contributed by atoms with E-state index < -0.39 is 0 Å². The predicted octanol–water partition coefficient (Wildman–Crippen LogP) is 2.66. The highest BCUT2D eigenvalue weighted by atomic mass is 16.2. The van der Waals surface area contributed by atoms with Crippen LogP contribution in [0.4, 0.5) is 5.69 Å². The third-order valence-electron chi connectivity index (χ3n) is 3.51. The Morgan fingerprint density at radius 3 is 2.79 bits per heavy atom. The number of fused-ring (bicyclic) bond motifs is 1. The average molecular weight is 260 g/mol. The highest BCUT2D eigenvalue weighted by molar-refractivity contribution is 5.82. The third-order valence-corrected chi connectivity index (χ3v) is 3.51. The van der Waals surface area contributed by atoms with Crippen molar-refractivity contribution in [1.29, 1.82) is 0 Å². The number of aryl methyl sites for hydroxylation is 1. The molecule has 104 valence electrons. The van der Waals surface area contributed by atoms with Crippen LogP contribution in [-0.2, 0) is 11.2 Å². The molecule has 1 amide bonds. The van der Waals surface area contributed by atoms with Crippen molar-refractivity contribution in [3.8, 4) is 0 Å². The Morgan fingerprint density at radius 2 is 2.11 bits per heavy atom. The Bertz CT molecular complexity index is 452. The number of nitrogens with zero attached hydrogens (tertiary/aromatic N) is 1. The molecule has 1 aromatic carbocycles. The van der Waals surface area contributed by atoms with Gasteiger partial charge >= 0.3 is 0 Å². The van der Waals surface area contributed by atoms with Crippen LogP contribution in [0.2, 0.25) is 0 Å². The second kappa shape index (κ2) is 6.09. The van der Waals surface area contributed by atoms with Crippen LogP contribution in [0.5, 0.6) is 0 Å². The largest absolute Gasteiger partial charge is 0.362 e. The summed E-state index contributed by atoms with van der Waals surface area (Å²) in [6.45, 7) is 7.57. The van der Waals surface area contributed by atoms with E-state index in [1.54, 1.807) is 0 Å². The van der Waals surface area contributed by atoms with Gasteiger partial charge in [-0.1, -0.05) is 26.0 Å². The van der Waals surface area contributed by atoms with Gasteiger partial charge in [-0.05, 0) is 43.4 Å². The van der Waals surface area contributed by atoms with E-state index in [1.165, 1.54) is 16.8 Å². The van der Waals surface area contributed by atoms with Gasteiger partial charge in [0.25, 0.3) is 0 Å². The molecule has 19 heavy (non-hydrogen) atoms. The smallest absolute Gasteiger partial charge is 0.239 e. The van der Waals surface area contributed by atoms with Crippen LogP contribution >= 0.6 is 0 Å². The second-order valence-corrected chi connectivity index (χ2v) is 5.15. The van der Waals surface area contributed by atoms with Crippen LogP contribution in [-0.4, -0.2) is 25.0 Å². The van der Waals surface area contributed by atoms with E-state index in [1.807, 2.05) is 13.8 Å². The standard InChI is InChI=1S/C14H18N2O.C2H6/c1-10-2-3-11-6-7-16(13(11)8-10)9-14(17)15-12-4-5-12;1-2/h2-3,8,12H,4-7,9H2,1H3,(H,15,17);1-2H3. The van der Waals surface area contributed by atoms with Crippen LogP contribution in [0, 0.1) is 6.92 Å². The molecular weight excluding hydrogens is 236 g/mol. The molecule has 0 unspecified atom stereocenters. The highest BCUT2D eigenvalue weighted by Crippen LogP contribution is 2.28. The molecule has 3 heteroatoms. The van der Waals surface area contributed by atoms with Gasteiger partial charge in [-0.15, -0.1) is 0 Å². The number of anilines is 1. The molecule has 0 atom stereocenters. The zero-order valence-corrected chi connectivity index (χ0v) is 12.2. The topological polar surface area (TPSA) is 32.3 Å². The number of carbonyl (C=O) groups is 1. The first-order chi connectivity index (χ1) is 9.22. The lowest BCUT2D eigenvalue weighted by atomic mass is 10.1. The molecule has 2 aliphatic rings. The van der Waals surface area contributed by atoms with E-state index in [9.17, 15) is 4.79 Å². The molecule has 1 aliphatic heterocycles. The van der Waals surface area contributed by atoms with Crippen molar-refractivity contribution in [2.75, 3.05) is 18.0 Å². The molecule has 0 bridgehead atoms. The molecule has 1 aromatic rings. The van der Waals surface area contributed by atoms with Crippen LogP contribution < -0.4 is 10.2 Å². The maximum Gasteiger partial charge on any atom is 0.239 e. The fourth-order valence-corrected chi connectivity index (χ4v) is 2.39. The quantitative estimate of drug-likeness (QED) is 0.906. The molecule has 1 heterocycles. The normalized spacial score (nSPS) is 16.5. The fourth-order valence-electron chi connectivity index (χ4n) is 2.39. The van der Waals surface area contributed by atoms with Gasteiger partial charge < -0.3 is 10.2 Å². The Morgan fingerprint density at radius 1 is 1.37 bits per heavy atom. The van der Waals surface area contributed by atoms with E-state index in [0.29, 0.717) is 12.6 Å². The van der Waals surface area contributed by atoms with Gasteiger partial charge in [-0.25, -0.2) is 0 Å². The summed E-state index contributed by atoms with van der Waals surface area (Å²) >= 11 is 0. The minimum Gasteiger partial charge on any atom is -0.362 e. The minimum atomic E-state index is 0.168. The zero-order valence-electron chi connectivity index (χ0n) is 12.2. The summed E-state index contributed by atoms with van der Waals surface area (Å²) in [7, 11) is 0. The summed E-state index contributed by atoms with van der Waals surface area (Å²) in [6, 6.07) is 6.98. The minimum absolute atomic E-state index is 0.168. The maximum atomic E-state index is 11.8. The van der Waals surface area contributed by atoms with E-state index in [0.717, 1.165) is 25.8 Å².